The van der Waals surface area contributed by atoms with Gasteiger partial charge in [-0.3, -0.25) is 4.79 Å². The lowest BCUT2D eigenvalue weighted by Gasteiger charge is -2.27. The molecule has 0 heterocycles. The zero-order valence-corrected chi connectivity index (χ0v) is 17.4. The number of fused-ring (bicyclic) bond motifs is 2. The third kappa shape index (κ3) is 6.43. The fourth-order valence-electron chi connectivity index (χ4n) is 3.75. The van der Waals surface area contributed by atoms with E-state index in [-0.39, 0.29) is 17.7 Å². The number of amides is 1. The number of likely N-dealkylation sites (N-methyl/N-ethyl adjacent to an activating group) is 1. The van der Waals surface area contributed by atoms with Crippen LogP contribution in [-0.4, -0.2) is 41.2 Å². The van der Waals surface area contributed by atoms with Gasteiger partial charge in [0.25, 0.3) is 9.84 Å². The van der Waals surface area contributed by atoms with Crippen molar-refractivity contribution in [3.8, 4) is 0 Å². The largest absolute Gasteiger partial charge is 0.498 e. The predicted molar refractivity (Wildman–Crippen MR) is 95.4 cm³/mol. The highest BCUT2D eigenvalue weighted by atomic mass is 32.3. The summed E-state index contributed by atoms with van der Waals surface area (Å²) in [7, 11) is -8.66. The highest BCUT2D eigenvalue weighted by Gasteiger charge is 2.59. The van der Waals surface area contributed by atoms with Gasteiger partial charge in [0.15, 0.2) is 4.58 Å². The Hall–Kier alpha value is -1.11. The third-order valence-electron chi connectivity index (χ3n) is 5.13. The molecule has 0 saturated heterocycles. The van der Waals surface area contributed by atoms with Crippen LogP contribution >= 0.6 is 0 Å². The maximum absolute atomic E-state index is 12.6. The highest BCUT2D eigenvalue weighted by Crippen LogP contribution is 2.51. The van der Waals surface area contributed by atoms with Crippen LogP contribution in [0.2, 0.25) is 0 Å². The fraction of sp³-hybridized carbons (Fsp3) is 0.812. The molecule has 0 aliphatic heterocycles. The van der Waals surface area contributed by atoms with Crippen LogP contribution in [0.4, 0.5) is 26.3 Å². The first kappa shape index (κ1) is 25.9. The van der Waals surface area contributed by atoms with E-state index in [4.69, 9.17) is 0 Å². The molecule has 5 nitrogen and oxygen atoms in total. The van der Waals surface area contributed by atoms with Crippen LogP contribution < -0.4 is 5.32 Å². The van der Waals surface area contributed by atoms with E-state index in [1.807, 2.05) is 0 Å². The third-order valence-corrected chi connectivity index (χ3v) is 9.07. The Morgan fingerprint density at radius 1 is 1.17 bits per heavy atom. The minimum Gasteiger partial charge on any atom is -0.355 e. The number of rotatable bonds is 5. The second kappa shape index (κ2) is 9.36. The lowest BCUT2D eigenvalue weighted by Crippen LogP contribution is -2.42. The smallest absolute Gasteiger partial charge is 0.355 e. The molecule has 2 saturated carbocycles. The molecule has 0 spiro atoms. The maximum Gasteiger partial charge on any atom is 0.498 e. The van der Waals surface area contributed by atoms with Gasteiger partial charge in [0.2, 0.25) is 5.91 Å². The number of alkyl halides is 6. The van der Waals surface area contributed by atoms with Crippen molar-refractivity contribution in [2.75, 3.05) is 7.05 Å². The summed E-state index contributed by atoms with van der Waals surface area (Å²) in [5.74, 6) is -0.489. The number of nitrogens with one attached hydrogen (secondary N) is 1. The lowest BCUT2D eigenvalue weighted by molar-refractivity contribution is -0.116. The van der Waals surface area contributed by atoms with Crippen LogP contribution in [0.25, 0.3) is 0 Å². The van der Waals surface area contributed by atoms with E-state index < -0.39 is 48.6 Å². The second-order valence-corrected chi connectivity index (χ2v) is 11.2. The minimum atomic E-state index is -6.15. The van der Waals surface area contributed by atoms with Gasteiger partial charge in [0.1, 0.15) is 10.8 Å². The lowest BCUT2D eigenvalue weighted by atomic mass is 9.87. The molecular formula is C16H23F6NO4S2. The molecule has 0 aromatic rings. The molecule has 5 atom stereocenters. The molecule has 29 heavy (non-hydrogen) atoms. The standard InChI is InChI=1S/C11H14F6O3S2.C5H9NO/c12-10(13,14)21(18)9(22(19,20)11(15,16)17)5-8-4-6-1-2-7(8)3-6;1-4(2)5(7)6-3/h6-9H,1-5H2;1H2,2-3H3,(H,6,7). The van der Waals surface area contributed by atoms with Gasteiger partial charge < -0.3 is 5.32 Å². The quantitative estimate of drug-likeness (QED) is 0.490. The van der Waals surface area contributed by atoms with Gasteiger partial charge in [0, 0.05) is 12.6 Å². The summed E-state index contributed by atoms with van der Waals surface area (Å²) in [5.41, 5.74) is -10.8. The number of carbonyl (C=O) groups is 1. The van der Waals surface area contributed by atoms with Crippen molar-refractivity contribution >= 4 is 26.5 Å². The molecule has 1 N–H and O–H groups in total. The van der Waals surface area contributed by atoms with E-state index in [0.717, 1.165) is 6.42 Å². The zero-order chi connectivity index (χ0) is 22.8. The van der Waals surface area contributed by atoms with Crippen molar-refractivity contribution in [3.05, 3.63) is 12.2 Å². The Morgan fingerprint density at radius 2 is 1.72 bits per heavy atom. The van der Waals surface area contributed by atoms with E-state index in [0.29, 0.717) is 24.8 Å². The number of hydrogen-bond donors (Lipinski definition) is 1. The van der Waals surface area contributed by atoms with Gasteiger partial charge in [-0.1, -0.05) is 13.0 Å². The van der Waals surface area contributed by atoms with Crippen LogP contribution in [0.1, 0.15) is 39.0 Å². The van der Waals surface area contributed by atoms with Crippen molar-refractivity contribution in [1.82, 2.24) is 5.32 Å². The molecule has 2 bridgehead atoms. The number of halogens is 6. The van der Waals surface area contributed by atoms with Crippen LogP contribution in [0.15, 0.2) is 12.2 Å². The molecule has 2 aliphatic carbocycles. The van der Waals surface area contributed by atoms with E-state index in [1.54, 1.807) is 14.0 Å². The summed E-state index contributed by atoms with van der Waals surface area (Å²) in [6.07, 6.45) is 1.79. The van der Waals surface area contributed by atoms with Crippen LogP contribution in [-0.2, 0) is 25.4 Å². The summed E-state index contributed by atoms with van der Waals surface area (Å²) >= 11 is 0. The molecule has 13 heteroatoms. The fourth-order valence-corrected chi connectivity index (χ4v) is 6.85. The number of hydrogen-bond acceptors (Lipinski definition) is 4. The molecule has 0 aromatic carbocycles. The molecule has 5 unspecified atom stereocenters. The number of sulfone groups is 1. The predicted octanol–water partition coefficient (Wildman–Crippen LogP) is 3.65. The Morgan fingerprint density at radius 3 is 2.00 bits per heavy atom. The first-order chi connectivity index (χ1) is 13.0. The second-order valence-electron chi connectivity index (χ2n) is 7.19. The summed E-state index contributed by atoms with van der Waals surface area (Å²) in [6, 6.07) is 0. The summed E-state index contributed by atoms with van der Waals surface area (Å²) < 4.78 is 107. The Bertz CT molecular complexity index is 747. The van der Waals surface area contributed by atoms with Crippen LogP contribution in [0.5, 0.6) is 0 Å². The van der Waals surface area contributed by atoms with Crippen molar-refractivity contribution in [2.45, 2.75) is 54.6 Å². The monoisotopic (exact) mass is 471 g/mol. The van der Waals surface area contributed by atoms with Crippen molar-refractivity contribution in [3.63, 3.8) is 0 Å². The summed E-state index contributed by atoms with van der Waals surface area (Å²) in [5, 5.41) is 2.43. The van der Waals surface area contributed by atoms with Gasteiger partial charge >= 0.3 is 11.0 Å². The molecule has 2 aliphatic rings. The van der Waals surface area contributed by atoms with E-state index in [2.05, 4.69) is 11.9 Å². The zero-order valence-electron chi connectivity index (χ0n) is 15.8. The van der Waals surface area contributed by atoms with E-state index in [1.165, 1.54) is 0 Å². The molecule has 170 valence electrons. The van der Waals surface area contributed by atoms with Gasteiger partial charge in [-0.05, 0) is 50.4 Å². The van der Waals surface area contributed by atoms with Crippen molar-refractivity contribution in [2.24, 2.45) is 17.8 Å². The van der Waals surface area contributed by atoms with E-state index >= 15 is 0 Å². The molecule has 1 amide bonds. The molecule has 0 radical (unpaired) electrons. The Kier molecular flexibility index (Phi) is 8.36. The van der Waals surface area contributed by atoms with Crippen molar-refractivity contribution < 1.29 is 43.8 Å². The normalized spacial score (nSPS) is 26.3. The van der Waals surface area contributed by atoms with Crippen molar-refractivity contribution in [1.29, 1.82) is 0 Å². The first-order valence-electron chi connectivity index (χ1n) is 8.67. The molecule has 0 aromatic heterocycles. The van der Waals surface area contributed by atoms with Gasteiger partial charge in [0.05, 0.1) is 0 Å². The summed E-state index contributed by atoms with van der Waals surface area (Å²) in [4.78, 5) is 10.3. The van der Waals surface area contributed by atoms with Gasteiger partial charge in [-0.2, -0.15) is 26.3 Å². The van der Waals surface area contributed by atoms with E-state index in [9.17, 15) is 43.8 Å². The van der Waals surface area contributed by atoms with Gasteiger partial charge in [-0.25, -0.2) is 12.6 Å². The average molecular weight is 471 g/mol. The average Bonchev–Trinajstić information content (AvgIpc) is 3.19. The SMILES string of the molecule is C=C(C)C(=O)NC.O=S(C(CC1CC2CCC1C2)S(=O)(=O)C(F)(F)F)C(F)(F)F. The highest BCUT2D eigenvalue weighted by molar-refractivity contribution is 8.07. The maximum atomic E-state index is 12.6. The Balaban J connectivity index is 0.000000516. The van der Waals surface area contributed by atoms with Crippen LogP contribution in [0.3, 0.4) is 0 Å². The van der Waals surface area contributed by atoms with Gasteiger partial charge in [-0.15, -0.1) is 0 Å². The molecular weight excluding hydrogens is 448 g/mol. The molecule has 2 rings (SSSR count). The molecule has 2 fully saturated rings. The summed E-state index contributed by atoms with van der Waals surface area (Å²) in [6.45, 7) is 5.08. The topological polar surface area (TPSA) is 80.3 Å². The minimum absolute atomic E-state index is 0.0684. The Labute approximate surface area is 167 Å². The van der Waals surface area contributed by atoms with Crippen LogP contribution in [0, 0.1) is 17.8 Å². The number of carbonyl (C=O) groups excluding carboxylic acids is 1. The first-order valence-corrected chi connectivity index (χ1v) is 11.4.